The molecule has 0 bridgehead atoms. The van der Waals surface area contributed by atoms with E-state index < -0.39 is 0 Å². The van der Waals surface area contributed by atoms with E-state index in [1.807, 2.05) is 12.4 Å². The first kappa shape index (κ1) is 14.7. The quantitative estimate of drug-likeness (QED) is 0.740. The van der Waals surface area contributed by atoms with Gasteiger partial charge in [-0.1, -0.05) is 5.16 Å². The summed E-state index contributed by atoms with van der Waals surface area (Å²) in [5.74, 6) is 1.29. The lowest BCUT2D eigenvalue weighted by Gasteiger charge is -2.04. The zero-order valence-electron chi connectivity index (χ0n) is 12.4. The van der Waals surface area contributed by atoms with Crippen LogP contribution in [-0.4, -0.2) is 38.2 Å². The van der Waals surface area contributed by atoms with Gasteiger partial charge < -0.3 is 9.84 Å². The van der Waals surface area contributed by atoms with Crippen LogP contribution in [0.15, 0.2) is 28.5 Å². The van der Waals surface area contributed by atoms with Crippen LogP contribution in [0.4, 0.5) is 0 Å². The molecule has 1 unspecified atom stereocenters. The Morgan fingerprint density at radius 3 is 3.00 bits per heavy atom. The lowest BCUT2D eigenvalue weighted by Crippen LogP contribution is -2.24. The molecule has 0 aliphatic heterocycles. The highest BCUT2D eigenvalue weighted by molar-refractivity contribution is 7.13. The maximum absolute atomic E-state index is 5.28. The molecule has 0 radical (unpaired) electrons. The molecule has 0 aliphatic carbocycles. The van der Waals surface area contributed by atoms with E-state index in [0.29, 0.717) is 24.2 Å². The number of hydrogen-bond acceptors (Lipinski definition) is 8. The predicted molar refractivity (Wildman–Crippen MR) is 82.5 cm³/mol. The number of thiazole rings is 1. The van der Waals surface area contributed by atoms with Gasteiger partial charge >= 0.3 is 0 Å². The van der Waals surface area contributed by atoms with Crippen LogP contribution >= 0.6 is 11.3 Å². The SMILES string of the molecule is CNC(C)Cc1noc(Cc2csc(-c3cnccn3)n2)n1. The van der Waals surface area contributed by atoms with Crippen molar-refractivity contribution >= 4 is 11.3 Å². The van der Waals surface area contributed by atoms with Crippen LogP contribution in [0.3, 0.4) is 0 Å². The maximum Gasteiger partial charge on any atom is 0.232 e. The van der Waals surface area contributed by atoms with Crippen molar-refractivity contribution in [1.82, 2.24) is 30.4 Å². The summed E-state index contributed by atoms with van der Waals surface area (Å²) >= 11 is 1.53. The minimum Gasteiger partial charge on any atom is -0.339 e. The molecule has 0 aromatic carbocycles. The van der Waals surface area contributed by atoms with Crippen molar-refractivity contribution in [2.45, 2.75) is 25.8 Å². The molecule has 8 heteroatoms. The van der Waals surface area contributed by atoms with E-state index in [0.717, 1.165) is 22.8 Å². The number of nitrogens with one attached hydrogen (secondary N) is 1. The van der Waals surface area contributed by atoms with Gasteiger partial charge in [0.15, 0.2) is 5.82 Å². The Kier molecular flexibility index (Phi) is 4.50. The molecular formula is C14H16N6OS. The molecule has 0 amide bonds. The van der Waals surface area contributed by atoms with Gasteiger partial charge in [-0.05, 0) is 14.0 Å². The molecule has 3 heterocycles. The summed E-state index contributed by atoms with van der Waals surface area (Å²) in [4.78, 5) is 17.2. The molecule has 3 aromatic heterocycles. The minimum atomic E-state index is 0.313. The van der Waals surface area contributed by atoms with E-state index in [-0.39, 0.29) is 0 Å². The standard InChI is InChI=1S/C14H16N6OS/c1-9(15-2)5-12-19-13(21-20-12)6-10-8-22-14(18-10)11-7-16-3-4-17-11/h3-4,7-9,15H,5-6H2,1-2H3. The second-order valence-corrected chi connectivity index (χ2v) is 5.77. The summed E-state index contributed by atoms with van der Waals surface area (Å²) < 4.78 is 5.28. The van der Waals surface area contributed by atoms with Crippen molar-refractivity contribution in [2.24, 2.45) is 0 Å². The van der Waals surface area contributed by atoms with Crippen molar-refractivity contribution in [3.8, 4) is 10.7 Å². The van der Waals surface area contributed by atoms with E-state index >= 15 is 0 Å². The zero-order valence-corrected chi connectivity index (χ0v) is 13.2. The van der Waals surface area contributed by atoms with Crippen LogP contribution in [0.1, 0.15) is 24.3 Å². The second-order valence-electron chi connectivity index (χ2n) is 4.91. The Balaban J connectivity index is 1.68. The Hall–Kier alpha value is -2.19. The monoisotopic (exact) mass is 316 g/mol. The van der Waals surface area contributed by atoms with Crippen molar-refractivity contribution in [3.63, 3.8) is 0 Å². The lowest BCUT2D eigenvalue weighted by molar-refractivity contribution is 0.376. The molecule has 0 fully saturated rings. The number of aromatic nitrogens is 5. The van der Waals surface area contributed by atoms with Gasteiger partial charge in [0.2, 0.25) is 5.89 Å². The molecule has 7 nitrogen and oxygen atoms in total. The molecule has 0 saturated heterocycles. The average Bonchev–Trinajstić information content (AvgIpc) is 3.18. The molecule has 0 spiro atoms. The Morgan fingerprint density at radius 1 is 1.32 bits per heavy atom. The summed E-state index contributed by atoms with van der Waals surface area (Å²) in [5, 5.41) is 9.96. The minimum absolute atomic E-state index is 0.313. The smallest absolute Gasteiger partial charge is 0.232 e. The van der Waals surface area contributed by atoms with Gasteiger partial charge in [-0.15, -0.1) is 11.3 Å². The van der Waals surface area contributed by atoms with Crippen molar-refractivity contribution in [1.29, 1.82) is 0 Å². The van der Waals surface area contributed by atoms with Crippen LogP contribution in [-0.2, 0) is 12.8 Å². The topological polar surface area (TPSA) is 89.6 Å². The van der Waals surface area contributed by atoms with E-state index in [9.17, 15) is 0 Å². The third-order valence-corrected chi connectivity index (χ3v) is 4.07. The van der Waals surface area contributed by atoms with Crippen LogP contribution in [0.2, 0.25) is 0 Å². The molecule has 3 rings (SSSR count). The van der Waals surface area contributed by atoms with E-state index in [1.165, 1.54) is 11.3 Å². The first-order valence-electron chi connectivity index (χ1n) is 6.94. The van der Waals surface area contributed by atoms with Crippen LogP contribution in [0.5, 0.6) is 0 Å². The zero-order chi connectivity index (χ0) is 15.4. The third kappa shape index (κ3) is 3.52. The predicted octanol–water partition coefficient (Wildman–Crippen LogP) is 1.72. The summed E-state index contributed by atoms with van der Waals surface area (Å²) in [6.45, 7) is 2.07. The van der Waals surface area contributed by atoms with Gasteiger partial charge in [-0.3, -0.25) is 9.97 Å². The average molecular weight is 316 g/mol. The van der Waals surface area contributed by atoms with Crippen molar-refractivity contribution in [3.05, 3.63) is 41.4 Å². The Labute approximate surface area is 131 Å². The highest BCUT2D eigenvalue weighted by Gasteiger charge is 2.12. The highest BCUT2D eigenvalue weighted by atomic mass is 32.1. The van der Waals surface area contributed by atoms with Crippen molar-refractivity contribution in [2.75, 3.05) is 7.05 Å². The van der Waals surface area contributed by atoms with Crippen LogP contribution in [0.25, 0.3) is 10.7 Å². The van der Waals surface area contributed by atoms with Gasteiger partial charge in [0.1, 0.15) is 10.7 Å². The fraction of sp³-hybridized carbons (Fsp3) is 0.357. The number of rotatable bonds is 6. The molecule has 1 atom stereocenters. The Bertz CT molecular complexity index is 726. The number of likely N-dealkylation sites (N-methyl/N-ethyl adjacent to an activating group) is 1. The fourth-order valence-corrected chi connectivity index (χ4v) is 2.67. The molecule has 114 valence electrons. The fourth-order valence-electron chi connectivity index (χ4n) is 1.89. The van der Waals surface area contributed by atoms with Crippen molar-refractivity contribution < 1.29 is 4.52 Å². The normalized spacial score (nSPS) is 12.5. The third-order valence-electron chi connectivity index (χ3n) is 3.16. The van der Waals surface area contributed by atoms with Crippen LogP contribution in [0, 0.1) is 0 Å². The molecule has 0 aliphatic rings. The Morgan fingerprint density at radius 2 is 2.23 bits per heavy atom. The molecule has 0 saturated carbocycles. The second kappa shape index (κ2) is 6.71. The molecule has 3 aromatic rings. The van der Waals surface area contributed by atoms with Gasteiger partial charge in [0.25, 0.3) is 0 Å². The van der Waals surface area contributed by atoms with Gasteiger partial charge in [0.05, 0.1) is 18.3 Å². The lowest BCUT2D eigenvalue weighted by atomic mass is 10.2. The number of hydrogen-bond donors (Lipinski definition) is 1. The molecular weight excluding hydrogens is 300 g/mol. The highest BCUT2D eigenvalue weighted by Crippen LogP contribution is 2.21. The largest absolute Gasteiger partial charge is 0.339 e. The van der Waals surface area contributed by atoms with Gasteiger partial charge in [0, 0.05) is 30.2 Å². The molecule has 22 heavy (non-hydrogen) atoms. The van der Waals surface area contributed by atoms with Crippen LogP contribution < -0.4 is 5.32 Å². The summed E-state index contributed by atoms with van der Waals surface area (Å²) in [5.41, 5.74) is 1.66. The summed E-state index contributed by atoms with van der Waals surface area (Å²) in [7, 11) is 1.91. The summed E-state index contributed by atoms with van der Waals surface area (Å²) in [6.07, 6.45) is 6.26. The van der Waals surface area contributed by atoms with Gasteiger partial charge in [-0.2, -0.15) is 4.98 Å². The van der Waals surface area contributed by atoms with Gasteiger partial charge in [-0.25, -0.2) is 4.98 Å². The number of nitrogens with zero attached hydrogens (tertiary/aromatic N) is 5. The van der Waals surface area contributed by atoms with E-state index in [1.54, 1.807) is 18.6 Å². The maximum atomic E-state index is 5.28. The first-order chi connectivity index (χ1) is 10.7. The molecule has 1 N–H and O–H groups in total. The summed E-state index contributed by atoms with van der Waals surface area (Å²) in [6, 6.07) is 0.313. The van der Waals surface area contributed by atoms with E-state index in [2.05, 4.69) is 37.3 Å². The first-order valence-corrected chi connectivity index (χ1v) is 7.82. The van der Waals surface area contributed by atoms with E-state index in [4.69, 9.17) is 4.52 Å².